The molecule has 0 spiro atoms. The first-order valence-electron chi connectivity index (χ1n) is 21.4. The van der Waals surface area contributed by atoms with E-state index in [1.54, 1.807) is 0 Å². The van der Waals surface area contributed by atoms with Crippen molar-refractivity contribution in [3.05, 3.63) is 126 Å². The van der Waals surface area contributed by atoms with Crippen LogP contribution in [0.2, 0.25) is 0 Å². The molecule has 0 amide bonds. The molecule has 0 bridgehead atoms. The summed E-state index contributed by atoms with van der Waals surface area (Å²) in [6, 6.07) is 37.3. The van der Waals surface area contributed by atoms with Crippen LogP contribution in [0.5, 0.6) is 0 Å². The van der Waals surface area contributed by atoms with Gasteiger partial charge in [0, 0.05) is 54.5 Å². The number of carbonyl (C=O) groups excluding carboxylic acids is 1. The van der Waals surface area contributed by atoms with Crippen LogP contribution in [-0.2, 0) is 36.7 Å². The van der Waals surface area contributed by atoms with E-state index in [1.165, 1.54) is 66.7 Å². The third kappa shape index (κ3) is 9.20. The summed E-state index contributed by atoms with van der Waals surface area (Å²) in [5.41, 5.74) is 11.9. The van der Waals surface area contributed by atoms with Crippen LogP contribution < -0.4 is 0 Å². The van der Waals surface area contributed by atoms with E-state index in [-0.39, 0.29) is 53.3 Å². The molecule has 0 unspecified atom stereocenters. The minimum atomic E-state index is -0.337. The monoisotopic (exact) mass is 963 g/mol. The molecule has 0 fully saturated rings. The van der Waals surface area contributed by atoms with E-state index in [0.29, 0.717) is 0 Å². The Bertz CT molecular complexity index is 2500. The second-order valence-corrected chi connectivity index (χ2v) is 19.2. The van der Waals surface area contributed by atoms with E-state index in [2.05, 4.69) is 145 Å². The Morgan fingerprint density at radius 3 is 1.81 bits per heavy atom. The van der Waals surface area contributed by atoms with Crippen LogP contribution in [0, 0.1) is 22.3 Å². The van der Waals surface area contributed by atoms with Gasteiger partial charge >= 0.3 is 0 Å². The van der Waals surface area contributed by atoms with Crippen molar-refractivity contribution in [2.45, 2.75) is 121 Å². The summed E-state index contributed by atoms with van der Waals surface area (Å²) in [6.07, 6.45) is 7.89. The molecule has 1 aliphatic carbocycles. The number of pyridine rings is 1. The molecule has 1 radical (unpaired) electrons. The molecule has 59 heavy (non-hydrogen) atoms. The van der Waals surface area contributed by atoms with Gasteiger partial charge in [0.15, 0.2) is 5.78 Å². The van der Waals surface area contributed by atoms with Crippen LogP contribution in [-0.4, -0.2) is 15.9 Å². The maximum atomic E-state index is 12.2. The van der Waals surface area contributed by atoms with Gasteiger partial charge in [0.25, 0.3) is 0 Å². The summed E-state index contributed by atoms with van der Waals surface area (Å²) in [5.74, 6) is 0.286. The molecule has 3 nitrogen and oxygen atoms in total. The van der Waals surface area contributed by atoms with Crippen LogP contribution in [0.25, 0.3) is 66.2 Å². The minimum Gasteiger partial charge on any atom is -0.512 e. The molecule has 0 saturated carbocycles. The first-order valence-corrected chi connectivity index (χ1v) is 21.4. The van der Waals surface area contributed by atoms with Crippen LogP contribution >= 0.6 is 0 Å². The number of aliphatic hydroxyl groups is 1. The van der Waals surface area contributed by atoms with Gasteiger partial charge in [-0.1, -0.05) is 173 Å². The summed E-state index contributed by atoms with van der Waals surface area (Å²) >= 11 is 0. The SMILES string of the molecule is CC(C)(C)Cc1ccc2c(c1)-c1ccccc1-c1cnc(-c3[c-]c4ccccc4c(C(C)(C)C)c3)c3cccc-2c13.CCC(C)(CC)C(=O)/C=C(\O)C(C)(CC)CC.[Ir]. The average molecular weight is 963 g/mol. The molecule has 1 heterocycles. The number of hydrogen-bond acceptors (Lipinski definition) is 3. The van der Waals surface area contributed by atoms with Gasteiger partial charge in [-0.05, 0) is 87.1 Å². The Morgan fingerprint density at radius 1 is 0.644 bits per heavy atom. The predicted molar refractivity (Wildman–Crippen MR) is 248 cm³/mol. The van der Waals surface area contributed by atoms with Crippen molar-refractivity contribution in [2.24, 2.45) is 16.2 Å². The Labute approximate surface area is 368 Å². The molecule has 6 aromatic rings. The summed E-state index contributed by atoms with van der Waals surface area (Å²) in [4.78, 5) is 17.4. The van der Waals surface area contributed by atoms with E-state index in [1.807, 2.05) is 41.5 Å². The van der Waals surface area contributed by atoms with Crippen molar-refractivity contribution in [2.75, 3.05) is 0 Å². The number of fused-ring (bicyclic) bond motifs is 6. The molecule has 311 valence electrons. The largest absolute Gasteiger partial charge is 0.512 e. The smallest absolute Gasteiger partial charge is 0.164 e. The van der Waals surface area contributed by atoms with Gasteiger partial charge < -0.3 is 5.11 Å². The predicted octanol–water partition coefficient (Wildman–Crippen LogP) is 15.7. The molecule has 1 aliphatic rings. The third-order valence-electron chi connectivity index (χ3n) is 13.0. The molecule has 0 aliphatic heterocycles. The van der Waals surface area contributed by atoms with Crippen LogP contribution in [0.4, 0.5) is 0 Å². The molecular weight excluding hydrogens is 899 g/mol. The van der Waals surface area contributed by atoms with E-state index in [0.717, 1.165) is 48.7 Å². The maximum Gasteiger partial charge on any atom is 0.164 e. The van der Waals surface area contributed by atoms with Gasteiger partial charge in [-0.2, -0.15) is 0 Å². The van der Waals surface area contributed by atoms with Crippen molar-refractivity contribution in [3.8, 4) is 44.6 Å². The number of nitrogens with zero attached hydrogens (tertiary/aromatic N) is 1. The summed E-state index contributed by atoms with van der Waals surface area (Å²) < 4.78 is 0. The van der Waals surface area contributed by atoms with E-state index >= 15 is 0 Å². The Hall–Kier alpha value is -4.37. The van der Waals surface area contributed by atoms with Crippen molar-refractivity contribution in [3.63, 3.8) is 0 Å². The summed E-state index contributed by atoms with van der Waals surface area (Å²) in [6.45, 7) is 25.9. The topological polar surface area (TPSA) is 50.2 Å². The van der Waals surface area contributed by atoms with Crippen molar-refractivity contribution in [1.29, 1.82) is 0 Å². The van der Waals surface area contributed by atoms with Crippen molar-refractivity contribution in [1.82, 2.24) is 4.98 Å². The first kappa shape index (κ1) is 45.7. The number of carbonyl (C=O) groups is 1. The van der Waals surface area contributed by atoms with Crippen LogP contribution in [0.15, 0.2) is 109 Å². The number of ketones is 1. The third-order valence-corrected chi connectivity index (χ3v) is 13.0. The zero-order valence-electron chi connectivity index (χ0n) is 37.5. The first-order chi connectivity index (χ1) is 27.4. The fraction of sp³-hybridized carbons (Fsp3) is 0.382. The second-order valence-electron chi connectivity index (χ2n) is 19.2. The van der Waals surface area contributed by atoms with Crippen LogP contribution in [0.1, 0.15) is 120 Å². The molecule has 1 aromatic heterocycles. The summed E-state index contributed by atoms with van der Waals surface area (Å²) in [7, 11) is 0. The number of benzene rings is 5. The Morgan fingerprint density at radius 2 is 1.20 bits per heavy atom. The maximum absolute atomic E-state index is 12.2. The van der Waals surface area contributed by atoms with Gasteiger partial charge in [-0.15, -0.1) is 29.1 Å². The molecule has 7 rings (SSSR count). The Balaban J connectivity index is 0.000000314. The molecule has 1 N–H and O–H groups in total. The number of allylic oxidation sites excluding steroid dienone is 2. The Kier molecular flexibility index (Phi) is 13.7. The fourth-order valence-electron chi connectivity index (χ4n) is 8.33. The van der Waals surface area contributed by atoms with Gasteiger partial charge in [0.05, 0.1) is 0 Å². The quantitative estimate of drug-likeness (QED) is 0.0891. The molecule has 4 heteroatoms. The standard InChI is InChI=1S/C40H36N.C15H28O2.Ir/c1-39(2,3)23-25-18-19-31-32-16-11-17-33-37(32)35(30-15-10-9-14-29(30)34(31)20-25)24-41-38(33)27-21-26-12-7-8-13-28(26)36(22-27)40(4,5)6;1-7-14(5,8-2)12(16)11-13(17)15(6,9-3)10-4;/h7-20,22,24H,23H2,1-6H3;11,16H,7-10H2,1-6H3;/q-1;;/b;12-11-;. The average Bonchev–Trinajstić information content (AvgIpc) is 3.32. The molecule has 0 atom stereocenters. The van der Waals surface area contributed by atoms with Gasteiger partial charge in [0.1, 0.15) is 5.76 Å². The van der Waals surface area contributed by atoms with E-state index < -0.39 is 0 Å². The second kappa shape index (κ2) is 17.7. The summed E-state index contributed by atoms with van der Waals surface area (Å²) in [5, 5.41) is 15.0. The van der Waals surface area contributed by atoms with Gasteiger partial charge in [0.2, 0.25) is 0 Å². The minimum absolute atomic E-state index is 0. The fourth-order valence-corrected chi connectivity index (χ4v) is 8.33. The van der Waals surface area contributed by atoms with Crippen molar-refractivity contribution >= 4 is 27.3 Å². The zero-order chi connectivity index (χ0) is 42.2. The number of aliphatic hydroxyl groups excluding tert-OH is 1. The molecular formula is C55H64IrNO2-. The molecule has 5 aromatic carbocycles. The van der Waals surface area contributed by atoms with Gasteiger partial charge in [-0.25, -0.2) is 0 Å². The number of aromatic nitrogens is 1. The van der Waals surface area contributed by atoms with E-state index in [9.17, 15) is 9.90 Å². The number of rotatable bonds is 9. The molecule has 0 saturated heterocycles. The van der Waals surface area contributed by atoms with E-state index in [4.69, 9.17) is 4.98 Å². The van der Waals surface area contributed by atoms with Crippen molar-refractivity contribution < 1.29 is 30.0 Å². The normalized spacial score (nSPS) is 12.8. The van der Waals surface area contributed by atoms with Crippen LogP contribution in [0.3, 0.4) is 0 Å². The zero-order valence-corrected chi connectivity index (χ0v) is 39.9. The number of hydrogen-bond donors (Lipinski definition) is 1. The van der Waals surface area contributed by atoms with Gasteiger partial charge in [-0.3, -0.25) is 9.78 Å².